The van der Waals surface area contributed by atoms with Crippen molar-refractivity contribution in [1.29, 1.82) is 0 Å². The third-order valence-corrected chi connectivity index (χ3v) is 4.28. The largest absolute Gasteiger partial charge is 0.379 e. The Labute approximate surface area is 135 Å². The molecule has 110 valence electrons. The molecule has 2 aromatic carbocycles. The highest BCUT2D eigenvalue weighted by molar-refractivity contribution is 8.14. The molecule has 2 N–H and O–H groups in total. The van der Waals surface area contributed by atoms with Gasteiger partial charge in [-0.15, -0.1) is 0 Å². The molecule has 0 saturated heterocycles. The number of halogens is 1. The van der Waals surface area contributed by atoms with Gasteiger partial charge in [0, 0.05) is 11.1 Å². The zero-order valence-corrected chi connectivity index (χ0v) is 13.7. The molecule has 4 heteroatoms. The van der Waals surface area contributed by atoms with Gasteiger partial charge in [-0.3, -0.25) is 4.99 Å². The Morgan fingerprint density at radius 1 is 1.00 bits per heavy atom. The van der Waals surface area contributed by atoms with E-state index in [9.17, 15) is 0 Å². The maximum absolute atomic E-state index is 6.07. The van der Waals surface area contributed by atoms with Crippen molar-refractivity contribution in [3.63, 3.8) is 0 Å². The molecule has 0 radical (unpaired) electrons. The van der Waals surface area contributed by atoms with Crippen molar-refractivity contribution in [2.75, 3.05) is 0 Å². The molecule has 1 atom stereocenters. The average Bonchev–Trinajstić information content (AvgIpc) is 2.46. The molecule has 0 aromatic heterocycles. The van der Waals surface area contributed by atoms with E-state index in [2.05, 4.69) is 17.1 Å². The van der Waals surface area contributed by atoms with Crippen LogP contribution in [0, 0.1) is 0 Å². The zero-order valence-electron chi connectivity index (χ0n) is 12.2. The lowest BCUT2D eigenvalue weighted by Gasteiger charge is -2.17. The molecule has 0 aliphatic rings. The van der Waals surface area contributed by atoms with Gasteiger partial charge in [-0.05, 0) is 37.1 Å². The maximum Gasteiger partial charge on any atom is 0.155 e. The van der Waals surface area contributed by atoms with Crippen LogP contribution >= 0.6 is 23.4 Å². The number of hydrogen-bond donors (Lipinski definition) is 1. The SMILES string of the molecule is CC(C)N=C(N)S[C@@H](c1ccccc1)c1ccc(Cl)cc1. The van der Waals surface area contributed by atoms with Crippen molar-refractivity contribution < 1.29 is 0 Å². The van der Waals surface area contributed by atoms with Crippen LogP contribution in [-0.2, 0) is 0 Å². The zero-order chi connectivity index (χ0) is 15.2. The minimum atomic E-state index is 0.117. The number of nitrogens with two attached hydrogens (primary N) is 1. The van der Waals surface area contributed by atoms with Gasteiger partial charge >= 0.3 is 0 Å². The average molecular weight is 319 g/mol. The molecule has 2 rings (SSSR count). The predicted molar refractivity (Wildman–Crippen MR) is 94.1 cm³/mol. The van der Waals surface area contributed by atoms with E-state index in [0.717, 1.165) is 10.6 Å². The van der Waals surface area contributed by atoms with Gasteiger partial charge in [0.2, 0.25) is 0 Å². The van der Waals surface area contributed by atoms with Crippen LogP contribution in [0.4, 0.5) is 0 Å². The fraction of sp³-hybridized carbons (Fsp3) is 0.235. The monoisotopic (exact) mass is 318 g/mol. The Balaban J connectivity index is 2.33. The summed E-state index contributed by atoms with van der Waals surface area (Å²) in [6.45, 7) is 4.04. The van der Waals surface area contributed by atoms with E-state index in [4.69, 9.17) is 17.3 Å². The van der Waals surface area contributed by atoms with Crippen molar-refractivity contribution in [2.45, 2.75) is 25.1 Å². The van der Waals surface area contributed by atoms with E-state index in [1.807, 2.05) is 56.3 Å². The minimum Gasteiger partial charge on any atom is -0.379 e. The van der Waals surface area contributed by atoms with Gasteiger partial charge in [0.15, 0.2) is 5.17 Å². The van der Waals surface area contributed by atoms with Gasteiger partial charge in [-0.2, -0.15) is 0 Å². The molecule has 0 heterocycles. The van der Waals surface area contributed by atoms with Crippen LogP contribution < -0.4 is 5.73 Å². The standard InChI is InChI=1S/C17H19ClN2S/c1-12(2)20-17(19)21-16(13-6-4-3-5-7-13)14-8-10-15(18)11-9-14/h3-12,16H,1-2H3,(H2,19,20)/t16-/m0/s1. The molecule has 0 aliphatic heterocycles. The highest BCUT2D eigenvalue weighted by Gasteiger charge is 2.16. The number of amidine groups is 1. The first-order valence-corrected chi connectivity index (χ1v) is 8.12. The van der Waals surface area contributed by atoms with Crippen LogP contribution in [0.15, 0.2) is 59.6 Å². The normalized spacial score (nSPS) is 13.4. The Hall–Kier alpha value is -1.45. The molecule has 0 saturated carbocycles. The minimum absolute atomic E-state index is 0.117. The van der Waals surface area contributed by atoms with E-state index in [1.54, 1.807) is 11.8 Å². The van der Waals surface area contributed by atoms with Crippen molar-refractivity contribution >= 4 is 28.5 Å². The summed E-state index contributed by atoms with van der Waals surface area (Å²) < 4.78 is 0. The van der Waals surface area contributed by atoms with Crippen LogP contribution in [0.5, 0.6) is 0 Å². The van der Waals surface area contributed by atoms with Crippen LogP contribution in [0.3, 0.4) is 0 Å². The molecular weight excluding hydrogens is 300 g/mol. The second-order valence-electron chi connectivity index (χ2n) is 5.02. The summed E-state index contributed by atoms with van der Waals surface area (Å²) in [5.41, 5.74) is 8.43. The number of rotatable bonds is 4. The number of hydrogen-bond acceptors (Lipinski definition) is 2. The highest BCUT2D eigenvalue weighted by Crippen LogP contribution is 2.36. The summed E-state index contributed by atoms with van der Waals surface area (Å²) in [4.78, 5) is 4.42. The molecule has 21 heavy (non-hydrogen) atoms. The number of benzene rings is 2. The first-order chi connectivity index (χ1) is 10.1. The smallest absolute Gasteiger partial charge is 0.155 e. The Morgan fingerprint density at radius 2 is 1.57 bits per heavy atom. The molecule has 2 aromatic rings. The lowest BCUT2D eigenvalue weighted by Crippen LogP contribution is -2.13. The topological polar surface area (TPSA) is 38.4 Å². The number of thioether (sulfide) groups is 1. The molecule has 0 aliphatic carbocycles. The van der Waals surface area contributed by atoms with Gasteiger partial charge < -0.3 is 5.73 Å². The Morgan fingerprint density at radius 3 is 2.14 bits per heavy atom. The van der Waals surface area contributed by atoms with E-state index in [1.165, 1.54) is 5.56 Å². The number of nitrogens with zero attached hydrogens (tertiary/aromatic N) is 1. The van der Waals surface area contributed by atoms with Gasteiger partial charge in [0.1, 0.15) is 0 Å². The summed E-state index contributed by atoms with van der Waals surface area (Å²) in [6, 6.07) is 18.4. The fourth-order valence-electron chi connectivity index (χ4n) is 2.00. The molecule has 0 fully saturated rings. The molecule has 2 nitrogen and oxygen atoms in total. The summed E-state index contributed by atoms with van der Waals surface area (Å²) in [5, 5.41) is 1.46. The van der Waals surface area contributed by atoms with Crippen LogP contribution in [0.1, 0.15) is 30.2 Å². The third-order valence-electron chi connectivity index (χ3n) is 2.90. The fourth-order valence-corrected chi connectivity index (χ4v) is 3.23. The molecule has 0 spiro atoms. The second-order valence-corrected chi connectivity index (χ2v) is 6.58. The van der Waals surface area contributed by atoms with Crippen LogP contribution in [0.2, 0.25) is 5.02 Å². The maximum atomic E-state index is 6.07. The highest BCUT2D eigenvalue weighted by atomic mass is 35.5. The number of aliphatic imine (C=N–C) groups is 1. The summed E-state index contributed by atoms with van der Waals surface area (Å²) >= 11 is 7.55. The van der Waals surface area contributed by atoms with Gasteiger partial charge in [-0.25, -0.2) is 0 Å². The van der Waals surface area contributed by atoms with E-state index >= 15 is 0 Å². The lowest BCUT2D eigenvalue weighted by atomic mass is 10.0. The van der Waals surface area contributed by atoms with Gasteiger partial charge in [0.05, 0.1) is 5.25 Å². The lowest BCUT2D eigenvalue weighted by molar-refractivity contribution is 0.837. The summed E-state index contributed by atoms with van der Waals surface area (Å²) in [6.07, 6.45) is 0. The van der Waals surface area contributed by atoms with Crippen molar-refractivity contribution in [2.24, 2.45) is 10.7 Å². The first-order valence-electron chi connectivity index (χ1n) is 6.86. The Bertz CT molecular complexity index is 594. The van der Waals surface area contributed by atoms with Crippen LogP contribution in [0.25, 0.3) is 0 Å². The third kappa shape index (κ3) is 4.80. The molecular formula is C17H19ClN2S. The van der Waals surface area contributed by atoms with Crippen molar-refractivity contribution in [3.05, 3.63) is 70.7 Å². The van der Waals surface area contributed by atoms with E-state index in [0.29, 0.717) is 5.17 Å². The predicted octanol–water partition coefficient (Wildman–Crippen LogP) is 4.89. The van der Waals surface area contributed by atoms with Crippen molar-refractivity contribution in [1.82, 2.24) is 0 Å². The first kappa shape index (κ1) is 15.9. The van der Waals surface area contributed by atoms with Crippen molar-refractivity contribution in [3.8, 4) is 0 Å². The van der Waals surface area contributed by atoms with Gasteiger partial charge in [0.25, 0.3) is 0 Å². The molecule has 0 amide bonds. The molecule has 0 unspecified atom stereocenters. The van der Waals surface area contributed by atoms with E-state index in [-0.39, 0.29) is 11.3 Å². The summed E-state index contributed by atoms with van der Waals surface area (Å²) in [7, 11) is 0. The Kier molecular flexibility index (Phi) is 5.71. The second kappa shape index (κ2) is 7.53. The van der Waals surface area contributed by atoms with Gasteiger partial charge in [-0.1, -0.05) is 65.8 Å². The van der Waals surface area contributed by atoms with Crippen LogP contribution in [-0.4, -0.2) is 11.2 Å². The molecule has 0 bridgehead atoms. The quantitative estimate of drug-likeness (QED) is 0.644. The summed E-state index contributed by atoms with van der Waals surface area (Å²) in [5.74, 6) is 0. The van der Waals surface area contributed by atoms with E-state index < -0.39 is 0 Å².